The molecule has 2 aliphatic heterocycles. The third kappa shape index (κ3) is 6.77. The summed E-state index contributed by atoms with van der Waals surface area (Å²) >= 11 is 0. The molecule has 2 aromatic carbocycles. The third-order valence-corrected chi connectivity index (χ3v) is 6.18. The summed E-state index contributed by atoms with van der Waals surface area (Å²) in [7, 11) is 0. The van der Waals surface area contributed by atoms with Crippen molar-refractivity contribution in [3.63, 3.8) is 0 Å². The average Bonchev–Trinajstić information content (AvgIpc) is 2.95. The summed E-state index contributed by atoms with van der Waals surface area (Å²) in [6, 6.07) is 13.9. The van der Waals surface area contributed by atoms with Crippen LogP contribution in [0.15, 0.2) is 48.5 Å². The van der Waals surface area contributed by atoms with Gasteiger partial charge in [-0.3, -0.25) is 9.69 Å². The fraction of sp³-hybridized carbons (Fsp3) is 0.458. The lowest BCUT2D eigenvalue weighted by Crippen LogP contribution is -2.44. The largest absolute Gasteiger partial charge is 0.573 e. The lowest BCUT2D eigenvalue weighted by atomic mass is 9.90. The van der Waals surface area contributed by atoms with E-state index >= 15 is 0 Å². The van der Waals surface area contributed by atoms with E-state index in [1.165, 1.54) is 12.1 Å². The number of benzene rings is 2. The van der Waals surface area contributed by atoms with Gasteiger partial charge in [0.15, 0.2) is 0 Å². The highest BCUT2D eigenvalue weighted by molar-refractivity contribution is 5.85. The SMILES string of the molecule is CC(=O)N1Cc2ccccc2OC(C2CCN(Cc3ccc(OC(F)(F)F)cc3)CC2)C1.Cl. The topological polar surface area (TPSA) is 42.0 Å². The van der Waals surface area contributed by atoms with Gasteiger partial charge in [0.1, 0.15) is 17.6 Å². The van der Waals surface area contributed by atoms with E-state index in [4.69, 9.17) is 4.74 Å². The van der Waals surface area contributed by atoms with Gasteiger partial charge < -0.3 is 14.4 Å². The molecule has 5 nitrogen and oxygen atoms in total. The molecule has 0 aliphatic carbocycles. The summed E-state index contributed by atoms with van der Waals surface area (Å²) in [6.45, 7) is 5.15. The van der Waals surface area contributed by atoms with E-state index in [1.807, 2.05) is 29.2 Å². The molecule has 1 unspecified atom stereocenters. The van der Waals surface area contributed by atoms with Gasteiger partial charge in [-0.2, -0.15) is 0 Å². The normalized spacial score (nSPS) is 19.6. The third-order valence-electron chi connectivity index (χ3n) is 6.18. The average molecular weight is 485 g/mol. The number of piperidine rings is 1. The second kappa shape index (κ2) is 10.7. The van der Waals surface area contributed by atoms with Gasteiger partial charge in [-0.05, 0) is 49.7 Å². The molecule has 4 rings (SSSR count). The number of hydrogen-bond acceptors (Lipinski definition) is 4. The predicted molar refractivity (Wildman–Crippen MR) is 120 cm³/mol. The molecule has 1 saturated heterocycles. The van der Waals surface area contributed by atoms with Gasteiger partial charge in [0, 0.05) is 31.5 Å². The quantitative estimate of drug-likeness (QED) is 0.610. The number of carbonyl (C=O) groups is 1. The second-order valence-electron chi connectivity index (χ2n) is 8.47. The van der Waals surface area contributed by atoms with Crippen LogP contribution in [-0.2, 0) is 17.9 Å². The molecule has 1 atom stereocenters. The first kappa shape index (κ1) is 25.2. The summed E-state index contributed by atoms with van der Waals surface area (Å²) in [4.78, 5) is 16.3. The molecule has 0 N–H and O–H groups in total. The number of fused-ring (bicyclic) bond motifs is 1. The smallest absolute Gasteiger partial charge is 0.488 e. The van der Waals surface area contributed by atoms with Crippen LogP contribution in [0.5, 0.6) is 11.5 Å². The van der Waals surface area contributed by atoms with Crippen LogP contribution in [0.2, 0.25) is 0 Å². The van der Waals surface area contributed by atoms with Gasteiger partial charge in [0.2, 0.25) is 5.91 Å². The van der Waals surface area contributed by atoms with E-state index in [9.17, 15) is 18.0 Å². The fourth-order valence-electron chi connectivity index (χ4n) is 4.46. The lowest BCUT2D eigenvalue weighted by Gasteiger charge is -2.36. The van der Waals surface area contributed by atoms with Crippen LogP contribution in [-0.4, -0.2) is 47.8 Å². The number of carbonyl (C=O) groups excluding carboxylic acids is 1. The standard InChI is InChI=1S/C24H27F3N2O3.ClH/c1-17(30)29-15-20-4-2-3-5-22(20)31-23(16-29)19-10-12-28(13-11-19)14-18-6-8-21(9-7-18)32-24(25,26)27;/h2-9,19,23H,10-16H2,1H3;1H. The van der Waals surface area contributed by atoms with E-state index in [1.54, 1.807) is 19.1 Å². The summed E-state index contributed by atoms with van der Waals surface area (Å²) in [6.07, 6.45) is -2.85. The molecular formula is C24H28ClF3N2O3. The molecule has 0 radical (unpaired) electrons. The summed E-state index contributed by atoms with van der Waals surface area (Å²) in [5.74, 6) is 1.03. The zero-order chi connectivity index (χ0) is 22.7. The number of alkyl halides is 3. The van der Waals surface area contributed by atoms with Crippen molar-refractivity contribution in [2.24, 2.45) is 5.92 Å². The van der Waals surface area contributed by atoms with Crippen molar-refractivity contribution in [2.45, 2.75) is 45.3 Å². The minimum absolute atomic E-state index is 0. The zero-order valence-corrected chi connectivity index (χ0v) is 19.2. The molecule has 0 aromatic heterocycles. The number of hydrogen-bond donors (Lipinski definition) is 0. The molecule has 180 valence electrons. The van der Waals surface area contributed by atoms with Gasteiger partial charge in [0.25, 0.3) is 0 Å². The molecule has 0 spiro atoms. The Morgan fingerprint density at radius 2 is 1.76 bits per heavy atom. The van der Waals surface area contributed by atoms with Gasteiger partial charge in [0.05, 0.1) is 6.54 Å². The maximum atomic E-state index is 12.3. The molecular weight excluding hydrogens is 457 g/mol. The summed E-state index contributed by atoms with van der Waals surface area (Å²) in [5, 5.41) is 0. The van der Waals surface area contributed by atoms with Gasteiger partial charge >= 0.3 is 6.36 Å². The van der Waals surface area contributed by atoms with Crippen molar-refractivity contribution in [3.8, 4) is 11.5 Å². The number of halogens is 4. The Kier molecular flexibility index (Phi) is 8.13. The molecule has 2 heterocycles. The van der Waals surface area contributed by atoms with Gasteiger partial charge in [-0.25, -0.2) is 0 Å². The Morgan fingerprint density at radius 1 is 1.09 bits per heavy atom. The Labute approximate surface area is 197 Å². The maximum Gasteiger partial charge on any atom is 0.573 e. The number of amides is 1. The molecule has 33 heavy (non-hydrogen) atoms. The molecule has 9 heteroatoms. The zero-order valence-electron chi connectivity index (χ0n) is 18.4. The maximum absolute atomic E-state index is 12.3. The molecule has 2 aliphatic rings. The monoisotopic (exact) mass is 484 g/mol. The highest BCUT2D eigenvalue weighted by Gasteiger charge is 2.33. The van der Waals surface area contributed by atoms with Crippen molar-refractivity contribution in [2.75, 3.05) is 19.6 Å². The van der Waals surface area contributed by atoms with Crippen LogP contribution in [0, 0.1) is 5.92 Å². The summed E-state index contributed by atoms with van der Waals surface area (Å²) < 4.78 is 47.3. The Balaban J connectivity index is 0.00000306. The molecule has 0 saturated carbocycles. The van der Waals surface area contributed by atoms with Crippen LogP contribution in [0.25, 0.3) is 0 Å². The Hall–Kier alpha value is -2.45. The van der Waals surface area contributed by atoms with Gasteiger partial charge in [-0.1, -0.05) is 30.3 Å². The molecule has 2 aromatic rings. The van der Waals surface area contributed by atoms with Crippen molar-refractivity contribution in [1.82, 2.24) is 9.80 Å². The van der Waals surface area contributed by atoms with Crippen molar-refractivity contribution >= 4 is 18.3 Å². The van der Waals surface area contributed by atoms with E-state index in [2.05, 4.69) is 9.64 Å². The highest BCUT2D eigenvalue weighted by atomic mass is 35.5. The van der Waals surface area contributed by atoms with Crippen LogP contribution in [0.4, 0.5) is 13.2 Å². The van der Waals surface area contributed by atoms with E-state index in [0.717, 1.165) is 42.8 Å². The van der Waals surface area contributed by atoms with Gasteiger partial charge in [-0.15, -0.1) is 25.6 Å². The molecule has 1 amide bonds. The van der Waals surface area contributed by atoms with E-state index in [-0.39, 0.29) is 30.2 Å². The summed E-state index contributed by atoms with van der Waals surface area (Å²) in [5.41, 5.74) is 1.97. The van der Waals surface area contributed by atoms with Crippen LogP contribution >= 0.6 is 12.4 Å². The highest BCUT2D eigenvalue weighted by Crippen LogP contribution is 2.31. The van der Waals surface area contributed by atoms with Crippen molar-refractivity contribution in [1.29, 1.82) is 0 Å². The second-order valence-corrected chi connectivity index (χ2v) is 8.47. The Bertz CT molecular complexity index is 931. The van der Waals surface area contributed by atoms with Crippen molar-refractivity contribution in [3.05, 3.63) is 59.7 Å². The Morgan fingerprint density at radius 3 is 2.39 bits per heavy atom. The number of para-hydroxylation sites is 1. The molecule has 0 bridgehead atoms. The first-order valence-corrected chi connectivity index (χ1v) is 10.8. The minimum atomic E-state index is -4.68. The number of ether oxygens (including phenoxy) is 2. The fourth-order valence-corrected chi connectivity index (χ4v) is 4.46. The number of nitrogens with zero attached hydrogens (tertiary/aromatic N) is 2. The predicted octanol–water partition coefficient (Wildman–Crippen LogP) is 5.03. The first-order chi connectivity index (χ1) is 15.3. The number of rotatable bonds is 4. The van der Waals surface area contributed by atoms with Crippen LogP contribution in [0.1, 0.15) is 30.9 Å². The first-order valence-electron chi connectivity index (χ1n) is 10.8. The lowest BCUT2D eigenvalue weighted by molar-refractivity contribution is -0.274. The van der Waals surface area contributed by atoms with Crippen LogP contribution in [0.3, 0.4) is 0 Å². The molecule has 1 fully saturated rings. The van der Waals surface area contributed by atoms with Crippen LogP contribution < -0.4 is 9.47 Å². The minimum Gasteiger partial charge on any atom is -0.488 e. The number of likely N-dealkylation sites (tertiary alicyclic amines) is 1. The van der Waals surface area contributed by atoms with E-state index in [0.29, 0.717) is 25.6 Å². The van der Waals surface area contributed by atoms with Crippen molar-refractivity contribution < 1.29 is 27.4 Å². The van der Waals surface area contributed by atoms with E-state index < -0.39 is 6.36 Å².